The van der Waals surface area contributed by atoms with E-state index in [0.29, 0.717) is 12.1 Å². The lowest BCUT2D eigenvalue weighted by molar-refractivity contribution is 0.272. The van der Waals surface area contributed by atoms with Crippen LogP contribution in [0.2, 0.25) is 0 Å². The highest BCUT2D eigenvalue weighted by molar-refractivity contribution is 7.10. The molecule has 3 rings (SSSR count). The van der Waals surface area contributed by atoms with Crippen molar-refractivity contribution in [2.75, 3.05) is 0 Å². The minimum Gasteiger partial charge on any atom is -0.307 e. The molecule has 1 aromatic heterocycles. The van der Waals surface area contributed by atoms with Gasteiger partial charge in [-0.05, 0) is 49.6 Å². The average molecular weight is 271 g/mol. The molecule has 1 atom stereocenters. The highest BCUT2D eigenvalue weighted by Gasteiger charge is 2.31. The van der Waals surface area contributed by atoms with Gasteiger partial charge in [0.05, 0.1) is 0 Å². The van der Waals surface area contributed by atoms with E-state index in [9.17, 15) is 0 Å². The molecule has 1 heterocycles. The number of rotatable bonds is 4. The molecular weight excluding hydrogens is 250 g/mol. The third-order valence-electron chi connectivity index (χ3n) is 4.14. The molecule has 1 aromatic carbocycles. The second-order valence-corrected chi connectivity index (χ2v) is 6.66. The topological polar surface area (TPSA) is 12.0 Å². The highest BCUT2D eigenvalue weighted by Crippen LogP contribution is 2.38. The molecule has 0 aliphatic heterocycles. The van der Waals surface area contributed by atoms with Crippen molar-refractivity contribution in [3.05, 3.63) is 57.8 Å². The summed E-state index contributed by atoms with van der Waals surface area (Å²) >= 11 is 1.84. The van der Waals surface area contributed by atoms with E-state index in [0.717, 1.165) is 5.92 Å². The van der Waals surface area contributed by atoms with Crippen LogP contribution in [0, 0.1) is 6.92 Å². The number of hydrogen-bond donors (Lipinski definition) is 1. The smallest absolute Gasteiger partial charge is 0.0388 e. The first-order valence-corrected chi connectivity index (χ1v) is 7.96. The van der Waals surface area contributed by atoms with Gasteiger partial charge in [0.2, 0.25) is 0 Å². The van der Waals surface area contributed by atoms with Gasteiger partial charge in [-0.3, -0.25) is 0 Å². The number of benzene rings is 1. The van der Waals surface area contributed by atoms with Crippen molar-refractivity contribution in [1.29, 1.82) is 0 Å². The molecule has 0 bridgehead atoms. The molecular formula is C17H21NS. The molecule has 2 aromatic rings. The molecule has 1 N–H and O–H groups in total. The van der Waals surface area contributed by atoms with Crippen LogP contribution in [0.15, 0.2) is 41.8 Å². The Morgan fingerprint density at radius 1 is 1.16 bits per heavy atom. The molecule has 0 amide bonds. The normalized spacial score (nSPS) is 23.9. The van der Waals surface area contributed by atoms with Crippen molar-refractivity contribution >= 4 is 11.3 Å². The molecule has 0 spiro atoms. The van der Waals surface area contributed by atoms with Crippen LogP contribution in [0.5, 0.6) is 0 Å². The van der Waals surface area contributed by atoms with E-state index in [-0.39, 0.29) is 0 Å². The lowest BCUT2D eigenvalue weighted by atomic mass is 9.75. The van der Waals surface area contributed by atoms with Crippen LogP contribution in [0.4, 0.5) is 0 Å². The van der Waals surface area contributed by atoms with Gasteiger partial charge in [0.15, 0.2) is 0 Å². The van der Waals surface area contributed by atoms with Gasteiger partial charge in [-0.25, -0.2) is 0 Å². The molecule has 1 saturated carbocycles. The van der Waals surface area contributed by atoms with Crippen LogP contribution in [-0.4, -0.2) is 6.04 Å². The highest BCUT2D eigenvalue weighted by atomic mass is 32.1. The van der Waals surface area contributed by atoms with Gasteiger partial charge in [-0.2, -0.15) is 0 Å². The maximum atomic E-state index is 3.74. The molecule has 0 unspecified atom stereocenters. The summed E-state index contributed by atoms with van der Waals surface area (Å²) in [5.74, 6) is 0.758. The van der Waals surface area contributed by atoms with Crippen molar-refractivity contribution in [3.63, 3.8) is 0 Å². The minimum absolute atomic E-state index is 0.490. The standard InChI is InChI=1S/C17H21NS/c1-12-5-7-14(8-6-12)15-10-16(11-15)18-13(2)17-4-3-9-19-17/h3-9,13,15-16,18H,10-11H2,1-2H3/t13-,15?,16?/m0/s1. The molecule has 100 valence electrons. The summed E-state index contributed by atoms with van der Waals surface area (Å²) in [4.78, 5) is 1.44. The zero-order valence-corrected chi connectivity index (χ0v) is 12.4. The largest absolute Gasteiger partial charge is 0.307 e. The van der Waals surface area contributed by atoms with E-state index in [2.05, 4.69) is 60.9 Å². The van der Waals surface area contributed by atoms with E-state index < -0.39 is 0 Å². The van der Waals surface area contributed by atoms with Crippen LogP contribution in [0.25, 0.3) is 0 Å². The maximum absolute atomic E-state index is 3.74. The summed E-state index contributed by atoms with van der Waals surface area (Å²) in [5, 5.41) is 5.90. The Bertz CT molecular complexity index is 509. The third-order valence-corrected chi connectivity index (χ3v) is 5.20. The maximum Gasteiger partial charge on any atom is 0.0388 e. The SMILES string of the molecule is Cc1ccc(C2CC(N[C@@H](C)c3cccs3)C2)cc1. The van der Waals surface area contributed by atoms with Crippen molar-refractivity contribution in [2.45, 2.75) is 44.7 Å². The molecule has 1 nitrogen and oxygen atoms in total. The summed E-state index contributed by atoms with van der Waals surface area (Å²) in [6, 6.07) is 14.6. The van der Waals surface area contributed by atoms with Gasteiger partial charge in [0.1, 0.15) is 0 Å². The average Bonchev–Trinajstić information content (AvgIpc) is 2.88. The Morgan fingerprint density at radius 3 is 2.53 bits per heavy atom. The van der Waals surface area contributed by atoms with Crippen molar-refractivity contribution in [2.24, 2.45) is 0 Å². The molecule has 0 saturated heterocycles. The van der Waals surface area contributed by atoms with E-state index in [1.807, 2.05) is 11.3 Å². The zero-order chi connectivity index (χ0) is 13.2. The Balaban J connectivity index is 1.51. The van der Waals surface area contributed by atoms with Gasteiger partial charge in [-0.15, -0.1) is 11.3 Å². The van der Waals surface area contributed by atoms with E-state index in [4.69, 9.17) is 0 Å². The van der Waals surface area contributed by atoms with Crippen LogP contribution in [0.1, 0.15) is 47.7 Å². The lowest BCUT2D eigenvalue weighted by Gasteiger charge is -2.38. The second-order valence-electron chi connectivity index (χ2n) is 5.68. The van der Waals surface area contributed by atoms with Crippen LogP contribution in [-0.2, 0) is 0 Å². The molecule has 1 fully saturated rings. The predicted octanol–water partition coefficient (Wildman–Crippen LogP) is 4.65. The monoisotopic (exact) mass is 271 g/mol. The van der Waals surface area contributed by atoms with Gasteiger partial charge >= 0.3 is 0 Å². The van der Waals surface area contributed by atoms with Gasteiger partial charge < -0.3 is 5.32 Å². The Morgan fingerprint density at radius 2 is 1.89 bits per heavy atom. The molecule has 1 aliphatic carbocycles. The summed E-state index contributed by atoms with van der Waals surface area (Å²) < 4.78 is 0. The minimum atomic E-state index is 0.490. The Kier molecular flexibility index (Phi) is 3.72. The summed E-state index contributed by atoms with van der Waals surface area (Å²) in [7, 11) is 0. The fourth-order valence-corrected chi connectivity index (χ4v) is 3.58. The van der Waals surface area contributed by atoms with Crippen molar-refractivity contribution in [1.82, 2.24) is 5.32 Å². The van der Waals surface area contributed by atoms with Crippen LogP contribution < -0.4 is 5.32 Å². The molecule has 19 heavy (non-hydrogen) atoms. The second kappa shape index (κ2) is 5.48. The van der Waals surface area contributed by atoms with Gasteiger partial charge in [0, 0.05) is 17.0 Å². The van der Waals surface area contributed by atoms with E-state index in [1.54, 1.807) is 0 Å². The summed E-state index contributed by atoms with van der Waals surface area (Å²) in [6.07, 6.45) is 2.55. The van der Waals surface area contributed by atoms with Gasteiger partial charge in [0.25, 0.3) is 0 Å². The lowest BCUT2D eigenvalue weighted by Crippen LogP contribution is -2.41. The molecule has 1 aliphatic rings. The number of hydrogen-bond acceptors (Lipinski definition) is 2. The zero-order valence-electron chi connectivity index (χ0n) is 11.6. The number of thiophene rings is 1. The Labute approximate surface area is 119 Å². The Hall–Kier alpha value is -1.12. The number of nitrogens with one attached hydrogen (secondary N) is 1. The van der Waals surface area contributed by atoms with Crippen LogP contribution in [0.3, 0.4) is 0 Å². The summed E-state index contributed by atoms with van der Waals surface area (Å²) in [5.41, 5.74) is 2.86. The fraction of sp³-hybridized carbons (Fsp3) is 0.412. The first kappa shape index (κ1) is 12.9. The first-order chi connectivity index (χ1) is 9.22. The quantitative estimate of drug-likeness (QED) is 0.853. The molecule has 0 radical (unpaired) electrons. The fourth-order valence-electron chi connectivity index (χ4n) is 2.84. The van der Waals surface area contributed by atoms with E-state index >= 15 is 0 Å². The van der Waals surface area contributed by atoms with Gasteiger partial charge in [-0.1, -0.05) is 35.9 Å². The van der Waals surface area contributed by atoms with Crippen molar-refractivity contribution in [3.8, 4) is 0 Å². The predicted molar refractivity (Wildman–Crippen MR) is 82.8 cm³/mol. The molecule has 2 heteroatoms. The summed E-state index contributed by atoms with van der Waals surface area (Å²) in [6.45, 7) is 4.42. The number of aryl methyl sites for hydroxylation is 1. The first-order valence-electron chi connectivity index (χ1n) is 7.08. The third kappa shape index (κ3) is 2.90. The van der Waals surface area contributed by atoms with E-state index in [1.165, 1.54) is 28.8 Å². The van der Waals surface area contributed by atoms with Crippen molar-refractivity contribution < 1.29 is 0 Å². The van der Waals surface area contributed by atoms with Crippen LogP contribution >= 0.6 is 11.3 Å².